The van der Waals surface area contributed by atoms with Crippen LogP contribution in [0.25, 0.3) is 0 Å². The van der Waals surface area contributed by atoms with Gasteiger partial charge < -0.3 is 20.5 Å². The van der Waals surface area contributed by atoms with Crippen LogP contribution in [0.5, 0.6) is 5.75 Å². The van der Waals surface area contributed by atoms with Gasteiger partial charge in [-0.25, -0.2) is 0 Å². The number of carbonyl (C=O) groups is 1. The second kappa shape index (κ2) is 9.02. The van der Waals surface area contributed by atoms with E-state index in [1.54, 1.807) is 42.3 Å². The molecule has 1 aromatic heterocycles. The molecule has 1 amide bonds. The maximum absolute atomic E-state index is 12.9. The summed E-state index contributed by atoms with van der Waals surface area (Å²) in [5.74, 6) is 0.623. The number of aliphatic hydroxyl groups excluding tert-OH is 1. The number of ether oxygens (including phenoxy) is 1. The maximum Gasteiger partial charge on any atom is 0.248 e. The first-order chi connectivity index (χ1) is 12.2. The normalized spacial score (nSPS) is 17.0. The van der Waals surface area contributed by atoms with Gasteiger partial charge in [-0.05, 0) is 49.7 Å². The van der Waals surface area contributed by atoms with E-state index in [1.165, 1.54) is 0 Å². The number of aliphatic hydroxyl groups is 1. The first-order valence-electron chi connectivity index (χ1n) is 8.47. The molecule has 3 N–H and O–H groups in total. The summed E-state index contributed by atoms with van der Waals surface area (Å²) in [4.78, 5) is 12.9. The van der Waals surface area contributed by atoms with E-state index in [2.05, 4.69) is 15.7 Å². The molecule has 3 rings (SSSR count). The molecular weight excluding hydrogens is 356 g/mol. The Balaban J connectivity index is 0.00000243. The van der Waals surface area contributed by atoms with Gasteiger partial charge in [0.05, 0.1) is 13.2 Å². The topological polar surface area (TPSA) is 88.4 Å². The van der Waals surface area contributed by atoms with Crippen molar-refractivity contribution in [2.45, 2.75) is 24.5 Å². The Bertz CT molecular complexity index is 685. The summed E-state index contributed by atoms with van der Waals surface area (Å²) < 4.78 is 6.85. The first-order valence-corrected chi connectivity index (χ1v) is 8.47. The Morgan fingerprint density at radius 1 is 1.38 bits per heavy atom. The van der Waals surface area contributed by atoms with Crippen LogP contribution in [-0.2, 0) is 10.3 Å². The summed E-state index contributed by atoms with van der Waals surface area (Å²) in [6.07, 6.45) is 4.07. The van der Waals surface area contributed by atoms with Crippen molar-refractivity contribution in [3.63, 3.8) is 0 Å². The largest absolute Gasteiger partial charge is 0.497 e. The number of nitrogens with zero attached hydrogens (tertiary/aromatic N) is 2. The molecular formula is C18H25ClN4O3. The number of methoxy groups -OCH3 is 1. The van der Waals surface area contributed by atoms with Gasteiger partial charge in [0.2, 0.25) is 5.91 Å². The number of amides is 1. The fraction of sp³-hybridized carbons (Fsp3) is 0.444. The Hall–Kier alpha value is -2.09. The zero-order valence-electron chi connectivity index (χ0n) is 14.7. The van der Waals surface area contributed by atoms with Crippen molar-refractivity contribution in [2.24, 2.45) is 0 Å². The molecule has 1 saturated heterocycles. The summed E-state index contributed by atoms with van der Waals surface area (Å²) in [6.45, 7) is 1.67. The Morgan fingerprint density at radius 2 is 2.08 bits per heavy atom. The van der Waals surface area contributed by atoms with Gasteiger partial charge in [-0.15, -0.1) is 12.4 Å². The van der Waals surface area contributed by atoms with Crippen LogP contribution >= 0.6 is 12.4 Å². The molecule has 1 aromatic carbocycles. The average Bonchev–Trinajstić information content (AvgIpc) is 3.21. The average molecular weight is 381 g/mol. The minimum absolute atomic E-state index is 0. The Morgan fingerprint density at radius 3 is 2.65 bits per heavy atom. The third kappa shape index (κ3) is 4.17. The second-order valence-electron chi connectivity index (χ2n) is 6.23. The van der Waals surface area contributed by atoms with Crippen LogP contribution in [0.1, 0.15) is 24.5 Å². The monoisotopic (exact) mass is 380 g/mol. The van der Waals surface area contributed by atoms with Crippen LogP contribution in [0.15, 0.2) is 42.7 Å². The Kier molecular flexibility index (Phi) is 7.02. The number of nitrogens with one attached hydrogen (secondary N) is 2. The zero-order valence-corrected chi connectivity index (χ0v) is 15.5. The molecule has 1 aliphatic rings. The van der Waals surface area contributed by atoms with Crippen molar-refractivity contribution in [3.05, 3.63) is 48.3 Å². The maximum atomic E-state index is 12.9. The van der Waals surface area contributed by atoms with Crippen LogP contribution in [0.3, 0.4) is 0 Å². The van der Waals surface area contributed by atoms with E-state index in [4.69, 9.17) is 4.74 Å². The van der Waals surface area contributed by atoms with E-state index in [0.29, 0.717) is 12.8 Å². The van der Waals surface area contributed by atoms with Crippen LogP contribution in [-0.4, -0.2) is 47.5 Å². The quantitative estimate of drug-likeness (QED) is 0.701. The second-order valence-corrected chi connectivity index (χ2v) is 6.23. The predicted molar refractivity (Wildman–Crippen MR) is 101 cm³/mol. The van der Waals surface area contributed by atoms with Crippen molar-refractivity contribution < 1.29 is 14.6 Å². The number of hydrogen-bond acceptors (Lipinski definition) is 5. The van der Waals surface area contributed by atoms with E-state index in [-0.39, 0.29) is 24.9 Å². The van der Waals surface area contributed by atoms with E-state index >= 15 is 0 Å². The van der Waals surface area contributed by atoms with E-state index < -0.39 is 11.6 Å². The third-order valence-corrected chi connectivity index (χ3v) is 4.75. The molecule has 1 aliphatic heterocycles. The van der Waals surface area contributed by atoms with Crippen LogP contribution in [0.2, 0.25) is 0 Å². The minimum atomic E-state index is -0.772. The van der Waals surface area contributed by atoms with Gasteiger partial charge in [0, 0.05) is 18.9 Å². The molecule has 142 valence electrons. The molecule has 2 heterocycles. The number of halogens is 1. The molecule has 0 saturated carbocycles. The van der Waals surface area contributed by atoms with Crippen LogP contribution in [0, 0.1) is 0 Å². The lowest BCUT2D eigenvalue weighted by atomic mass is 9.87. The van der Waals surface area contributed by atoms with Crippen molar-refractivity contribution in [3.8, 4) is 5.75 Å². The summed E-state index contributed by atoms with van der Waals surface area (Å²) in [7, 11) is 1.60. The lowest BCUT2D eigenvalue weighted by Crippen LogP contribution is -2.55. The van der Waals surface area contributed by atoms with Crippen molar-refractivity contribution in [1.82, 2.24) is 20.4 Å². The first kappa shape index (κ1) is 20.2. The number of aromatic nitrogens is 2. The van der Waals surface area contributed by atoms with Gasteiger partial charge >= 0.3 is 0 Å². The number of hydrogen-bond donors (Lipinski definition) is 3. The molecule has 0 aliphatic carbocycles. The predicted octanol–water partition coefficient (Wildman–Crippen LogP) is 1.24. The molecule has 26 heavy (non-hydrogen) atoms. The highest BCUT2D eigenvalue weighted by molar-refractivity contribution is 5.85. The highest BCUT2D eigenvalue weighted by atomic mass is 35.5. The van der Waals surface area contributed by atoms with Crippen molar-refractivity contribution in [2.75, 3.05) is 26.7 Å². The molecule has 8 heteroatoms. The zero-order chi connectivity index (χ0) is 17.7. The van der Waals surface area contributed by atoms with Gasteiger partial charge in [-0.2, -0.15) is 5.10 Å². The highest BCUT2D eigenvalue weighted by Crippen LogP contribution is 2.27. The van der Waals surface area contributed by atoms with Gasteiger partial charge in [-0.1, -0.05) is 12.1 Å². The van der Waals surface area contributed by atoms with Crippen molar-refractivity contribution in [1.29, 1.82) is 0 Å². The van der Waals surface area contributed by atoms with E-state index in [0.717, 1.165) is 24.4 Å². The number of rotatable bonds is 6. The fourth-order valence-corrected chi connectivity index (χ4v) is 3.22. The molecule has 1 fully saturated rings. The summed E-state index contributed by atoms with van der Waals surface area (Å²) >= 11 is 0. The molecule has 2 aromatic rings. The molecule has 0 spiro atoms. The lowest BCUT2D eigenvalue weighted by molar-refractivity contribution is -0.132. The smallest absolute Gasteiger partial charge is 0.248 e. The van der Waals surface area contributed by atoms with Crippen LogP contribution < -0.4 is 15.4 Å². The van der Waals surface area contributed by atoms with Gasteiger partial charge in [0.25, 0.3) is 0 Å². The molecule has 0 radical (unpaired) electrons. The summed E-state index contributed by atoms with van der Waals surface area (Å²) in [5, 5.41) is 20.8. The Labute approximate surface area is 159 Å². The van der Waals surface area contributed by atoms with Gasteiger partial charge in [0.15, 0.2) is 0 Å². The number of carbonyl (C=O) groups excluding carboxylic acids is 1. The minimum Gasteiger partial charge on any atom is -0.497 e. The van der Waals surface area contributed by atoms with Crippen LogP contribution in [0.4, 0.5) is 0 Å². The van der Waals surface area contributed by atoms with E-state index in [1.807, 2.05) is 12.3 Å². The number of benzene rings is 1. The third-order valence-electron chi connectivity index (χ3n) is 4.75. The fourth-order valence-electron chi connectivity index (χ4n) is 3.22. The molecule has 0 bridgehead atoms. The lowest BCUT2D eigenvalue weighted by Gasteiger charge is -2.36. The molecule has 1 atom stereocenters. The standard InChI is InChI=1S/C18H24N4O3.ClH/c1-25-15-5-3-14(4-6-15)16(23)13-20-17(24)18(7-10-19-11-8-18)22-12-2-9-21-22;/h2-6,9,12,16,19,23H,7-8,10-11,13H2,1H3,(H,20,24);1H. The highest BCUT2D eigenvalue weighted by Gasteiger charge is 2.41. The SMILES string of the molecule is COc1ccc(C(O)CNC(=O)C2(n3cccn3)CCNCC2)cc1.Cl. The van der Waals surface area contributed by atoms with Gasteiger partial charge in [0.1, 0.15) is 11.3 Å². The summed E-state index contributed by atoms with van der Waals surface area (Å²) in [5.41, 5.74) is 0.0357. The van der Waals surface area contributed by atoms with Crippen molar-refractivity contribution >= 4 is 18.3 Å². The summed E-state index contributed by atoms with van der Waals surface area (Å²) in [6, 6.07) is 8.99. The molecule has 1 unspecified atom stereocenters. The number of piperidine rings is 1. The van der Waals surface area contributed by atoms with E-state index in [9.17, 15) is 9.90 Å². The van der Waals surface area contributed by atoms with Gasteiger partial charge in [-0.3, -0.25) is 9.48 Å². The molecule has 7 nitrogen and oxygen atoms in total.